The summed E-state index contributed by atoms with van der Waals surface area (Å²) in [5, 5.41) is 4.00. The summed E-state index contributed by atoms with van der Waals surface area (Å²) in [5.74, 6) is -0.741. The Hall–Kier alpha value is -3.93. The van der Waals surface area contributed by atoms with Gasteiger partial charge in [-0.2, -0.15) is 0 Å². The second-order valence-corrected chi connectivity index (χ2v) is 9.63. The zero-order chi connectivity index (χ0) is 25.1. The van der Waals surface area contributed by atoms with E-state index in [2.05, 4.69) is 10.3 Å². The number of benzene rings is 3. The number of likely N-dealkylation sites (N-methyl/N-ethyl adjacent to an activating group) is 1. The van der Waals surface area contributed by atoms with Gasteiger partial charge in [0.25, 0.3) is 0 Å². The number of nitrogens with one attached hydrogen (secondary N) is 2. The minimum Gasteiger partial charge on any atom is -0.358 e. The van der Waals surface area contributed by atoms with Crippen molar-refractivity contribution in [3.8, 4) is 0 Å². The molecule has 184 valence electrons. The molecule has 5 rings (SSSR count). The summed E-state index contributed by atoms with van der Waals surface area (Å²) in [7, 11) is 1.73. The fourth-order valence-electron chi connectivity index (χ4n) is 5.16. The van der Waals surface area contributed by atoms with Gasteiger partial charge in [-0.1, -0.05) is 54.6 Å². The van der Waals surface area contributed by atoms with E-state index < -0.39 is 6.04 Å². The van der Waals surface area contributed by atoms with Crippen molar-refractivity contribution < 1.29 is 14.0 Å². The molecule has 1 aliphatic heterocycles. The lowest BCUT2D eigenvalue weighted by atomic mass is 9.99. The lowest BCUT2D eigenvalue weighted by Crippen LogP contribution is -2.48. The molecular formula is C30H30FN3O2. The molecule has 1 atom stereocenters. The molecule has 3 aromatic carbocycles. The van der Waals surface area contributed by atoms with Crippen molar-refractivity contribution in [3.05, 3.63) is 107 Å². The summed E-state index contributed by atoms with van der Waals surface area (Å²) >= 11 is 0. The van der Waals surface area contributed by atoms with Crippen molar-refractivity contribution in [3.63, 3.8) is 0 Å². The Balaban J connectivity index is 1.48. The molecule has 0 saturated carbocycles. The van der Waals surface area contributed by atoms with Crippen LogP contribution in [0.1, 0.15) is 34.4 Å². The van der Waals surface area contributed by atoms with Crippen LogP contribution in [-0.2, 0) is 41.8 Å². The molecule has 2 amide bonds. The summed E-state index contributed by atoms with van der Waals surface area (Å²) in [4.78, 5) is 31.9. The van der Waals surface area contributed by atoms with Crippen LogP contribution < -0.4 is 5.32 Å². The van der Waals surface area contributed by atoms with E-state index in [1.54, 1.807) is 18.0 Å². The summed E-state index contributed by atoms with van der Waals surface area (Å²) in [5.41, 5.74) is 5.58. The van der Waals surface area contributed by atoms with Gasteiger partial charge in [0.1, 0.15) is 11.9 Å². The second-order valence-electron chi connectivity index (χ2n) is 9.63. The van der Waals surface area contributed by atoms with Crippen molar-refractivity contribution in [2.45, 2.75) is 44.7 Å². The number of aromatic nitrogens is 1. The van der Waals surface area contributed by atoms with Crippen molar-refractivity contribution in [2.75, 3.05) is 7.05 Å². The van der Waals surface area contributed by atoms with E-state index in [1.165, 1.54) is 6.07 Å². The maximum Gasteiger partial charge on any atom is 0.245 e. The molecule has 0 unspecified atom stereocenters. The van der Waals surface area contributed by atoms with Crippen LogP contribution in [0.15, 0.2) is 72.8 Å². The van der Waals surface area contributed by atoms with Crippen LogP contribution in [0.3, 0.4) is 0 Å². The van der Waals surface area contributed by atoms with Crippen LogP contribution in [-0.4, -0.2) is 34.8 Å². The average Bonchev–Trinajstić information content (AvgIpc) is 3.20. The van der Waals surface area contributed by atoms with Crippen LogP contribution in [0, 0.1) is 5.82 Å². The van der Waals surface area contributed by atoms with Gasteiger partial charge >= 0.3 is 0 Å². The predicted molar refractivity (Wildman–Crippen MR) is 139 cm³/mol. The van der Waals surface area contributed by atoms with Gasteiger partial charge in [-0.3, -0.25) is 9.59 Å². The summed E-state index contributed by atoms with van der Waals surface area (Å²) < 4.78 is 14.5. The van der Waals surface area contributed by atoms with Gasteiger partial charge < -0.3 is 15.2 Å². The average molecular weight is 484 g/mol. The highest BCUT2D eigenvalue weighted by molar-refractivity contribution is 5.92. The fourth-order valence-corrected chi connectivity index (χ4v) is 5.16. The molecule has 1 aromatic heterocycles. The number of para-hydroxylation sites is 1. The standard InChI is InChI=1S/C30H30FN3O2/c1-34(19-20-8-3-2-4-9-20)30(36)28-17-22-14-21(15-23(31)16-22)10-7-13-27-25(18-29(35)33-28)24-11-5-6-12-26(24)32-27/h2-6,8-9,11-12,14-16,28,32H,7,10,13,17-19H2,1H3,(H,33,35)/t28-/m0/s1. The molecule has 4 aromatic rings. The Morgan fingerprint density at radius 1 is 1.00 bits per heavy atom. The highest BCUT2D eigenvalue weighted by Gasteiger charge is 2.26. The minimum atomic E-state index is -0.796. The van der Waals surface area contributed by atoms with Gasteiger partial charge in [-0.05, 0) is 59.7 Å². The Labute approximate surface area is 210 Å². The monoisotopic (exact) mass is 483 g/mol. The van der Waals surface area contributed by atoms with E-state index >= 15 is 0 Å². The number of amides is 2. The first-order chi connectivity index (χ1) is 17.5. The molecule has 0 radical (unpaired) electrons. The molecule has 2 N–H and O–H groups in total. The van der Waals surface area contributed by atoms with E-state index in [-0.39, 0.29) is 30.5 Å². The van der Waals surface area contributed by atoms with E-state index in [0.29, 0.717) is 18.5 Å². The lowest BCUT2D eigenvalue weighted by molar-refractivity contribution is -0.135. The maximum atomic E-state index is 14.5. The summed E-state index contributed by atoms with van der Waals surface area (Å²) in [6.07, 6.45) is 2.71. The van der Waals surface area contributed by atoms with E-state index in [4.69, 9.17) is 0 Å². The van der Waals surface area contributed by atoms with Crippen LogP contribution in [0.5, 0.6) is 0 Å². The van der Waals surface area contributed by atoms with E-state index in [1.807, 2.05) is 60.7 Å². The third kappa shape index (κ3) is 5.33. The lowest BCUT2D eigenvalue weighted by Gasteiger charge is -2.25. The first-order valence-electron chi connectivity index (χ1n) is 12.4. The van der Waals surface area contributed by atoms with Crippen molar-refractivity contribution >= 4 is 22.7 Å². The van der Waals surface area contributed by atoms with E-state index in [0.717, 1.165) is 46.1 Å². The van der Waals surface area contributed by atoms with Crippen molar-refractivity contribution in [2.24, 2.45) is 0 Å². The number of aryl methyl sites for hydroxylation is 2. The van der Waals surface area contributed by atoms with Crippen LogP contribution in [0.2, 0.25) is 0 Å². The van der Waals surface area contributed by atoms with E-state index in [9.17, 15) is 14.0 Å². The summed E-state index contributed by atoms with van der Waals surface area (Å²) in [6, 6.07) is 21.9. The van der Waals surface area contributed by atoms with Gasteiger partial charge in [0, 0.05) is 36.6 Å². The number of carbonyl (C=O) groups excluding carboxylic acids is 2. The molecule has 6 heteroatoms. The fraction of sp³-hybridized carbons (Fsp3) is 0.267. The Kier molecular flexibility index (Phi) is 6.85. The smallest absolute Gasteiger partial charge is 0.245 e. The minimum absolute atomic E-state index is 0.178. The zero-order valence-electron chi connectivity index (χ0n) is 20.4. The molecule has 5 nitrogen and oxygen atoms in total. The van der Waals surface area contributed by atoms with Crippen LogP contribution >= 0.6 is 0 Å². The Bertz CT molecular complexity index is 1400. The number of hydrogen-bond donors (Lipinski definition) is 2. The zero-order valence-corrected chi connectivity index (χ0v) is 20.4. The highest BCUT2D eigenvalue weighted by atomic mass is 19.1. The largest absolute Gasteiger partial charge is 0.358 e. The van der Waals surface area contributed by atoms with Gasteiger partial charge in [0.05, 0.1) is 6.42 Å². The summed E-state index contributed by atoms with van der Waals surface area (Å²) in [6.45, 7) is 0.424. The third-order valence-electron chi connectivity index (χ3n) is 6.86. The molecule has 36 heavy (non-hydrogen) atoms. The quantitative estimate of drug-likeness (QED) is 0.443. The van der Waals surface area contributed by atoms with Crippen molar-refractivity contribution in [1.29, 1.82) is 0 Å². The second kappa shape index (κ2) is 10.4. The molecule has 2 heterocycles. The Morgan fingerprint density at radius 2 is 1.75 bits per heavy atom. The number of aromatic amines is 1. The number of halogens is 1. The molecule has 0 fully saturated rings. The topological polar surface area (TPSA) is 65.2 Å². The van der Waals surface area contributed by atoms with Crippen LogP contribution in [0.25, 0.3) is 10.9 Å². The van der Waals surface area contributed by atoms with Gasteiger partial charge in [-0.15, -0.1) is 0 Å². The molecule has 2 bridgehead atoms. The van der Waals surface area contributed by atoms with Crippen molar-refractivity contribution in [1.82, 2.24) is 15.2 Å². The number of carbonyl (C=O) groups is 2. The number of hydrogen-bond acceptors (Lipinski definition) is 2. The molecule has 0 saturated heterocycles. The number of rotatable bonds is 3. The molecule has 1 aliphatic rings. The van der Waals surface area contributed by atoms with Crippen LogP contribution in [0.4, 0.5) is 4.39 Å². The predicted octanol–water partition coefficient (Wildman–Crippen LogP) is 4.72. The highest BCUT2D eigenvalue weighted by Crippen LogP contribution is 2.25. The third-order valence-corrected chi connectivity index (χ3v) is 6.86. The molecule has 0 spiro atoms. The Morgan fingerprint density at radius 3 is 2.58 bits per heavy atom. The SMILES string of the molecule is CN(Cc1ccccc1)C(=O)[C@@H]1Cc2cc(F)cc(c2)CCCc2[nH]c3ccccc3c2CC(=O)N1. The van der Waals surface area contributed by atoms with Gasteiger partial charge in [-0.25, -0.2) is 4.39 Å². The molecular weight excluding hydrogens is 453 g/mol. The van der Waals surface area contributed by atoms with Gasteiger partial charge in [0.15, 0.2) is 0 Å². The first-order valence-corrected chi connectivity index (χ1v) is 12.4. The first kappa shape index (κ1) is 23.8. The maximum absolute atomic E-state index is 14.5. The number of H-pyrrole nitrogens is 1. The number of nitrogens with zero attached hydrogens (tertiary/aromatic N) is 1. The number of fused-ring (bicyclic) bond motifs is 5. The molecule has 0 aliphatic carbocycles. The normalized spacial score (nSPS) is 16.3. The van der Waals surface area contributed by atoms with Gasteiger partial charge in [0.2, 0.25) is 11.8 Å².